The molecule has 1 saturated carbocycles. The number of hydrogen-bond acceptors (Lipinski definition) is 10. The minimum atomic E-state index is -0.937. The number of carbonyl (C=O) groups excluding carboxylic acids is 2. The van der Waals surface area contributed by atoms with Crippen LogP contribution in [0.3, 0.4) is 0 Å². The summed E-state index contributed by atoms with van der Waals surface area (Å²) in [6.45, 7) is 9.26. The number of nitro groups is 1. The van der Waals surface area contributed by atoms with Gasteiger partial charge in [0.15, 0.2) is 0 Å². The molecule has 0 amide bonds. The first-order valence-corrected chi connectivity index (χ1v) is 12.9. The first kappa shape index (κ1) is 29.7. The maximum absolute atomic E-state index is 13.1. The molecule has 0 atom stereocenters. The number of nitrogens with one attached hydrogen (secondary N) is 1. The Morgan fingerprint density at radius 3 is 2.36 bits per heavy atom. The van der Waals surface area contributed by atoms with E-state index in [1.165, 1.54) is 26.5 Å². The van der Waals surface area contributed by atoms with E-state index in [4.69, 9.17) is 14.2 Å². The Morgan fingerprint density at radius 1 is 1.13 bits per heavy atom. The van der Waals surface area contributed by atoms with Crippen LogP contribution in [0.4, 0.5) is 22.9 Å². The third-order valence-corrected chi connectivity index (χ3v) is 6.54. The first-order chi connectivity index (χ1) is 18.3. The summed E-state index contributed by atoms with van der Waals surface area (Å²) in [6, 6.07) is 6.41. The summed E-state index contributed by atoms with van der Waals surface area (Å²) in [5.41, 5.74) is -0.554. The maximum atomic E-state index is 13.1. The van der Waals surface area contributed by atoms with Gasteiger partial charge in [0.1, 0.15) is 29.1 Å². The molecule has 1 aliphatic rings. The van der Waals surface area contributed by atoms with E-state index in [-0.39, 0.29) is 24.2 Å². The van der Waals surface area contributed by atoms with Crippen LogP contribution in [0.5, 0.6) is 5.75 Å². The molecule has 11 nitrogen and oxygen atoms in total. The van der Waals surface area contributed by atoms with Crippen LogP contribution in [0, 0.1) is 15.5 Å². The van der Waals surface area contributed by atoms with Gasteiger partial charge in [-0.2, -0.15) is 0 Å². The third-order valence-electron chi connectivity index (χ3n) is 6.54. The summed E-state index contributed by atoms with van der Waals surface area (Å²) in [5.74, 6) is -0.157. The number of rotatable bonds is 10. The van der Waals surface area contributed by atoms with Gasteiger partial charge in [0.2, 0.25) is 0 Å². The molecule has 1 N–H and O–H groups in total. The highest BCUT2D eigenvalue weighted by atomic mass is 16.6. The molecule has 1 heterocycles. The van der Waals surface area contributed by atoms with Crippen molar-refractivity contribution in [1.82, 2.24) is 4.98 Å². The van der Waals surface area contributed by atoms with Crippen LogP contribution < -0.4 is 15.0 Å². The number of benzene rings is 1. The molecule has 0 saturated heterocycles. The van der Waals surface area contributed by atoms with E-state index in [9.17, 15) is 19.7 Å². The molecule has 3 rings (SSSR count). The zero-order valence-corrected chi connectivity index (χ0v) is 23.7. The van der Waals surface area contributed by atoms with Crippen molar-refractivity contribution in [3.8, 4) is 5.75 Å². The molecule has 1 aromatic carbocycles. The third kappa shape index (κ3) is 7.36. The molecule has 0 radical (unpaired) electrons. The predicted molar refractivity (Wildman–Crippen MR) is 148 cm³/mol. The van der Waals surface area contributed by atoms with Gasteiger partial charge in [-0.25, -0.2) is 9.78 Å². The van der Waals surface area contributed by atoms with Gasteiger partial charge in [-0.05, 0) is 65.7 Å². The number of methoxy groups -OCH3 is 2. The highest BCUT2D eigenvalue weighted by Gasteiger charge is 2.39. The highest BCUT2D eigenvalue weighted by molar-refractivity contribution is 5.91. The summed E-state index contributed by atoms with van der Waals surface area (Å²) in [4.78, 5) is 42.9. The van der Waals surface area contributed by atoms with Crippen molar-refractivity contribution in [2.24, 2.45) is 5.41 Å². The lowest BCUT2D eigenvalue weighted by Crippen LogP contribution is -2.46. The van der Waals surface area contributed by atoms with E-state index >= 15 is 0 Å². The van der Waals surface area contributed by atoms with E-state index in [1.54, 1.807) is 32.0 Å². The monoisotopic (exact) mass is 542 g/mol. The van der Waals surface area contributed by atoms with Crippen molar-refractivity contribution >= 4 is 34.8 Å². The average Bonchev–Trinajstić information content (AvgIpc) is 3.40. The lowest BCUT2D eigenvalue weighted by Gasteiger charge is -2.37. The second kappa shape index (κ2) is 11.9. The Bertz CT molecular complexity index is 1220. The second-order valence-corrected chi connectivity index (χ2v) is 11.3. The Kier molecular flexibility index (Phi) is 9.03. The van der Waals surface area contributed by atoms with E-state index < -0.39 is 21.9 Å². The minimum absolute atomic E-state index is 0.0227. The van der Waals surface area contributed by atoms with E-state index in [1.807, 2.05) is 25.7 Å². The van der Waals surface area contributed by atoms with E-state index in [0.717, 1.165) is 25.7 Å². The van der Waals surface area contributed by atoms with Gasteiger partial charge < -0.3 is 24.4 Å². The van der Waals surface area contributed by atoms with Crippen LogP contribution in [0.15, 0.2) is 30.5 Å². The van der Waals surface area contributed by atoms with Gasteiger partial charge in [-0.3, -0.25) is 14.9 Å². The molecule has 1 aromatic heterocycles. The van der Waals surface area contributed by atoms with Gasteiger partial charge in [0.25, 0.3) is 0 Å². The number of esters is 2. The first-order valence-electron chi connectivity index (χ1n) is 12.9. The van der Waals surface area contributed by atoms with E-state index in [0.29, 0.717) is 28.5 Å². The minimum Gasteiger partial charge on any atom is -0.495 e. The molecular formula is C28H38N4O7. The number of pyridine rings is 1. The van der Waals surface area contributed by atoms with Gasteiger partial charge in [-0.15, -0.1) is 0 Å². The van der Waals surface area contributed by atoms with Crippen LogP contribution in [0.1, 0.15) is 70.7 Å². The largest absolute Gasteiger partial charge is 0.495 e. The lowest BCUT2D eigenvalue weighted by atomic mass is 9.91. The molecule has 39 heavy (non-hydrogen) atoms. The van der Waals surface area contributed by atoms with Crippen LogP contribution in [-0.2, 0) is 14.3 Å². The molecule has 0 bridgehead atoms. The van der Waals surface area contributed by atoms with Crippen LogP contribution in [-0.4, -0.2) is 54.3 Å². The molecule has 212 valence electrons. The van der Waals surface area contributed by atoms with Crippen molar-refractivity contribution in [2.45, 2.75) is 71.9 Å². The molecule has 1 aliphatic carbocycles. The quantitative estimate of drug-likeness (QED) is 0.228. The molecule has 0 spiro atoms. The van der Waals surface area contributed by atoms with Gasteiger partial charge >= 0.3 is 17.6 Å². The zero-order valence-electron chi connectivity index (χ0n) is 23.7. The van der Waals surface area contributed by atoms with Crippen LogP contribution in [0.2, 0.25) is 0 Å². The number of aromatic nitrogens is 1. The van der Waals surface area contributed by atoms with Crippen molar-refractivity contribution in [1.29, 1.82) is 0 Å². The fraction of sp³-hybridized carbons (Fsp3) is 0.536. The summed E-state index contributed by atoms with van der Waals surface area (Å²) < 4.78 is 15.9. The zero-order chi connectivity index (χ0) is 29.0. The smallest absolute Gasteiger partial charge is 0.337 e. The number of ether oxygens (including phenoxy) is 3. The molecule has 11 heteroatoms. The van der Waals surface area contributed by atoms with Gasteiger partial charge in [0.05, 0.1) is 35.8 Å². The van der Waals surface area contributed by atoms with Gasteiger partial charge in [-0.1, -0.05) is 12.8 Å². The number of anilines is 3. The maximum Gasteiger partial charge on any atom is 0.337 e. The Labute approximate surface area is 229 Å². The Balaban J connectivity index is 2.02. The second-order valence-electron chi connectivity index (χ2n) is 11.3. The van der Waals surface area contributed by atoms with Crippen LogP contribution >= 0.6 is 0 Å². The fourth-order valence-electron chi connectivity index (χ4n) is 4.59. The molecule has 1 fully saturated rings. The topological polar surface area (TPSA) is 133 Å². The fourth-order valence-corrected chi connectivity index (χ4v) is 4.59. The Morgan fingerprint density at radius 2 is 1.79 bits per heavy atom. The SMILES string of the molecule is COC(=O)c1ccc(Nc2cc(N(CC(C)(C)C(=O)OC(C)(C)C)C3CCCC3)c([N+](=O)[O-])cn2)c(OC)c1. The highest BCUT2D eigenvalue weighted by Crippen LogP contribution is 2.39. The molecular weight excluding hydrogens is 504 g/mol. The molecule has 0 aliphatic heterocycles. The summed E-state index contributed by atoms with van der Waals surface area (Å²) in [7, 11) is 2.76. The number of hydrogen-bond donors (Lipinski definition) is 1. The van der Waals surface area contributed by atoms with E-state index in [2.05, 4.69) is 10.3 Å². The molecule has 0 unspecified atom stereocenters. The number of carbonyl (C=O) groups is 2. The van der Waals surface area contributed by atoms with Gasteiger partial charge in [0, 0.05) is 18.7 Å². The summed E-state index contributed by atoms with van der Waals surface area (Å²) >= 11 is 0. The average molecular weight is 543 g/mol. The lowest BCUT2D eigenvalue weighted by molar-refractivity contribution is -0.384. The number of nitrogens with zero attached hydrogens (tertiary/aromatic N) is 3. The summed E-state index contributed by atoms with van der Waals surface area (Å²) in [5, 5.41) is 15.2. The predicted octanol–water partition coefficient (Wildman–Crippen LogP) is 5.65. The molecule has 2 aromatic rings. The normalized spacial score (nSPS) is 14.0. The summed E-state index contributed by atoms with van der Waals surface area (Å²) in [6.07, 6.45) is 4.93. The van der Waals surface area contributed by atoms with Crippen molar-refractivity contribution in [2.75, 3.05) is 31.0 Å². The van der Waals surface area contributed by atoms with Crippen molar-refractivity contribution < 1.29 is 28.7 Å². The van der Waals surface area contributed by atoms with Crippen LogP contribution in [0.25, 0.3) is 0 Å². The van der Waals surface area contributed by atoms with Crippen molar-refractivity contribution in [3.05, 3.63) is 46.1 Å². The Hall–Kier alpha value is -3.89. The standard InChI is InChI=1S/C28H38N4O7/c1-27(2,3)39-26(34)28(4,5)17-31(19-10-8-9-11-19)21-15-24(29-16-22(21)32(35)36)30-20-13-12-18(25(33)38-7)14-23(20)37-6/h12-16,19H,8-11,17H2,1-7H3,(H,29,30). The van der Waals surface area contributed by atoms with Crippen molar-refractivity contribution in [3.63, 3.8) is 0 Å².